The van der Waals surface area contributed by atoms with Gasteiger partial charge < -0.3 is 0 Å². The molecule has 18 heavy (non-hydrogen) atoms. The number of aldehydes is 1. The van der Waals surface area contributed by atoms with Crippen LogP contribution in [0, 0.1) is 13.8 Å². The third-order valence-electron chi connectivity index (χ3n) is 2.97. The lowest BCUT2D eigenvalue weighted by molar-refractivity contribution is 0.111. The molecule has 3 nitrogen and oxygen atoms in total. The first-order valence-electron chi connectivity index (χ1n) is 5.69. The highest BCUT2D eigenvalue weighted by atomic mass is 32.1. The van der Waals surface area contributed by atoms with Crippen LogP contribution >= 0.6 is 11.3 Å². The molecule has 90 valence electrons. The van der Waals surface area contributed by atoms with Gasteiger partial charge in [0.25, 0.3) is 0 Å². The first-order chi connectivity index (χ1) is 8.70. The molecule has 0 unspecified atom stereocenters. The Morgan fingerprint density at radius 3 is 2.89 bits per heavy atom. The lowest BCUT2D eigenvalue weighted by atomic mass is 10.1. The van der Waals surface area contributed by atoms with Crippen molar-refractivity contribution in [1.29, 1.82) is 0 Å². The number of carbonyl (C=O) groups excluding carboxylic acids is 1. The fourth-order valence-corrected chi connectivity index (χ4v) is 3.01. The topological polar surface area (TPSA) is 34.4 Å². The Balaban J connectivity index is 2.32. The van der Waals surface area contributed by atoms with E-state index in [1.165, 1.54) is 0 Å². The van der Waals surface area contributed by atoms with E-state index in [0.717, 1.165) is 33.8 Å². The van der Waals surface area contributed by atoms with Gasteiger partial charge in [-0.05, 0) is 19.9 Å². The van der Waals surface area contributed by atoms with Gasteiger partial charge in [0, 0.05) is 16.6 Å². The van der Waals surface area contributed by atoms with E-state index in [0.29, 0.717) is 5.69 Å². The SMILES string of the molecule is Cc1cccc(-c2nc3scc(C)n3c2C=O)c1. The standard InChI is InChI=1S/C14H12N2OS/c1-9-4-3-5-11(6-9)13-12(7-17)16-10(2)8-18-14(16)15-13/h3-8H,1-2H3. The molecule has 0 bridgehead atoms. The molecule has 0 radical (unpaired) electrons. The summed E-state index contributed by atoms with van der Waals surface area (Å²) in [4.78, 5) is 16.8. The van der Waals surface area contributed by atoms with E-state index in [4.69, 9.17) is 0 Å². The van der Waals surface area contributed by atoms with Gasteiger partial charge in [0.1, 0.15) is 11.4 Å². The lowest BCUT2D eigenvalue weighted by Gasteiger charge is -2.00. The first kappa shape index (κ1) is 11.2. The van der Waals surface area contributed by atoms with E-state index in [9.17, 15) is 4.79 Å². The fourth-order valence-electron chi connectivity index (χ4n) is 2.14. The largest absolute Gasteiger partial charge is 0.296 e. The maximum Gasteiger partial charge on any atom is 0.195 e. The molecule has 0 atom stereocenters. The molecule has 0 aliphatic heterocycles. The van der Waals surface area contributed by atoms with Gasteiger partial charge in [0.05, 0.1) is 0 Å². The molecule has 2 heterocycles. The monoisotopic (exact) mass is 256 g/mol. The zero-order valence-electron chi connectivity index (χ0n) is 10.2. The van der Waals surface area contributed by atoms with Crippen LogP contribution in [-0.2, 0) is 0 Å². The molecule has 0 saturated heterocycles. The maximum absolute atomic E-state index is 11.4. The van der Waals surface area contributed by atoms with E-state index < -0.39 is 0 Å². The quantitative estimate of drug-likeness (QED) is 0.658. The highest BCUT2D eigenvalue weighted by molar-refractivity contribution is 7.15. The van der Waals surface area contributed by atoms with Gasteiger partial charge in [-0.3, -0.25) is 9.20 Å². The molecule has 4 heteroatoms. The second-order valence-corrected chi connectivity index (χ2v) is 5.16. The van der Waals surface area contributed by atoms with E-state index in [-0.39, 0.29) is 0 Å². The summed E-state index contributed by atoms with van der Waals surface area (Å²) in [6, 6.07) is 8.06. The molecule has 0 fully saturated rings. The molecule has 0 aliphatic rings. The summed E-state index contributed by atoms with van der Waals surface area (Å²) in [5, 5.41) is 2.01. The van der Waals surface area contributed by atoms with Crippen molar-refractivity contribution in [2.45, 2.75) is 13.8 Å². The minimum absolute atomic E-state index is 0.634. The second kappa shape index (κ2) is 4.07. The minimum Gasteiger partial charge on any atom is -0.296 e. The van der Waals surface area contributed by atoms with E-state index in [2.05, 4.69) is 11.1 Å². The average molecular weight is 256 g/mol. The van der Waals surface area contributed by atoms with Crippen LogP contribution in [0.25, 0.3) is 16.2 Å². The van der Waals surface area contributed by atoms with Crippen LogP contribution in [-0.4, -0.2) is 15.7 Å². The number of rotatable bonds is 2. The Morgan fingerprint density at radius 1 is 1.33 bits per heavy atom. The second-order valence-electron chi connectivity index (χ2n) is 4.33. The molecular weight excluding hydrogens is 244 g/mol. The van der Waals surface area contributed by atoms with Gasteiger partial charge in [-0.25, -0.2) is 4.98 Å². The first-order valence-corrected chi connectivity index (χ1v) is 6.57. The number of imidazole rings is 1. The molecule has 3 aromatic rings. The number of thiazole rings is 1. The van der Waals surface area contributed by atoms with Crippen molar-refractivity contribution in [2.75, 3.05) is 0 Å². The van der Waals surface area contributed by atoms with Crippen molar-refractivity contribution in [2.24, 2.45) is 0 Å². The number of hydrogen-bond acceptors (Lipinski definition) is 3. The smallest absolute Gasteiger partial charge is 0.195 e. The number of nitrogens with zero attached hydrogens (tertiary/aromatic N) is 2. The molecule has 2 aromatic heterocycles. The molecule has 1 aromatic carbocycles. The van der Waals surface area contributed by atoms with Crippen LogP contribution in [0.5, 0.6) is 0 Å². The fraction of sp³-hybridized carbons (Fsp3) is 0.143. The summed E-state index contributed by atoms with van der Waals surface area (Å²) in [5.41, 5.74) is 4.60. The maximum atomic E-state index is 11.4. The number of aromatic nitrogens is 2. The number of carbonyl (C=O) groups is 1. The zero-order valence-corrected chi connectivity index (χ0v) is 11.0. The van der Waals surface area contributed by atoms with Crippen LogP contribution in [0.3, 0.4) is 0 Å². The number of benzene rings is 1. The highest BCUT2D eigenvalue weighted by Gasteiger charge is 2.15. The van der Waals surface area contributed by atoms with Crippen LogP contribution in [0.2, 0.25) is 0 Å². The molecule has 3 rings (SSSR count). The third-order valence-corrected chi connectivity index (χ3v) is 3.92. The van der Waals surface area contributed by atoms with Crippen LogP contribution < -0.4 is 0 Å². The van der Waals surface area contributed by atoms with E-state index in [1.54, 1.807) is 11.3 Å². The van der Waals surface area contributed by atoms with Crippen LogP contribution in [0.15, 0.2) is 29.6 Å². The lowest BCUT2D eigenvalue weighted by Crippen LogP contribution is -1.93. The van der Waals surface area contributed by atoms with Crippen molar-refractivity contribution in [1.82, 2.24) is 9.38 Å². The highest BCUT2D eigenvalue weighted by Crippen LogP contribution is 2.27. The number of hydrogen-bond donors (Lipinski definition) is 0. The molecule has 0 aliphatic carbocycles. The molecule has 0 amide bonds. The summed E-state index contributed by atoms with van der Waals surface area (Å²) in [6.45, 7) is 4.02. The average Bonchev–Trinajstić information content (AvgIpc) is 2.89. The Hall–Kier alpha value is -1.94. The summed E-state index contributed by atoms with van der Waals surface area (Å²) in [5.74, 6) is 0. The molecule has 0 N–H and O–H groups in total. The Kier molecular flexibility index (Phi) is 2.52. The summed E-state index contributed by atoms with van der Waals surface area (Å²) in [7, 11) is 0. The Morgan fingerprint density at radius 2 is 2.17 bits per heavy atom. The van der Waals surface area contributed by atoms with E-state index >= 15 is 0 Å². The third kappa shape index (κ3) is 1.57. The zero-order chi connectivity index (χ0) is 12.7. The van der Waals surface area contributed by atoms with Gasteiger partial charge in [-0.15, -0.1) is 11.3 Å². The normalized spacial score (nSPS) is 11.0. The van der Waals surface area contributed by atoms with E-state index in [1.807, 2.05) is 41.8 Å². The Bertz CT molecular complexity index is 739. The summed E-state index contributed by atoms with van der Waals surface area (Å²) in [6.07, 6.45) is 0.886. The Labute approximate surface area is 109 Å². The molecule has 0 saturated carbocycles. The van der Waals surface area contributed by atoms with Gasteiger partial charge in [-0.2, -0.15) is 0 Å². The van der Waals surface area contributed by atoms with Crippen molar-refractivity contribution in [3.05, 3.63) is 46.6 Å². The van der Waals surface area contributed by atoms with Gasteiger partial charge in [0.2, 0.25) is 0 Å². The van der Waals surface area contributed by atoms with Crippen molar-refractivity contribution in [3.63, 3.8) is 0 Å². The van der Waals surface area contributed by atoms with Crippen molar-refractivity contribution < 1.29 is 4.79 Å². The number of aryl methyl sites for hydroxylation is 2. The van der Waals surface area contributed by atoms with Crippen LogP contribution in [0.4, 0.5) is 0 Å². The predicted molar refractivity (Wildman–Crippen MR) is 73.4 cm³/mol. The number of fused-ring (bicyclic) bond motifs is 1. The van der Waals surface area contributed by atoms with Crippen molar-refractivity contribution >= 4 is 22.6 Å². The van der Waals surface area contributed by atoms with Crippen molar-refractivity contribution in [3.8, 4) is 11.3 Å². The predicted octanol–water partition coefficient (Wildman–Crippen LogP) is 3.49. The molecule has 0 spiro atoms. The van der Waals surface area contributed by atoms with Gasteiger partial charge in [0.15, 0.2) is 11.2 Å². The minimum atomic E-state index is 0.634. The summed E-state index contributed by atoms with van der Waals surface area (Å²) >= 11 is 1.56. The summed E-state index contributed by atoms with van der Waals surface area (Å²) < 4.78 is 1.91. The molecular formula is C14H12N2OS. The van der Waals surface area contributed by atoms with Gasteiger partial charge in [-0.1, -0.05) is 23.8 Å². The van der Waals surface area contributed by atoms with Crippen LogP contribution in [0.1, 0.15) is 21.7 Å². The van der Waals surface area contributed by atoms with Gasteiger partial charge >= 0.3 is 0 Å².